The third-order valence-electron chi connectivity index (χ3n) is 2.02. The molecule has 7 nitrogen and oxygen atoms in total. The summed E-state index contributed by atoms with van der Waals surface area (Å²) in [6, 6.07) is 0. The van der Waals surface area contributed by atoms with Crippen LogP contribution >= 0.6 is 0 Å². The number of hydrogen-bond donors (Lipinski definition) is 4. The fraction of sp³-hybridized carbons (Fsp3) is 0.857. The number of hydrogen-bond acceptors (Lipinski definition) is 7. The summed E-state index contributed by atoms with van der Waals surface area (Å²) < 4.78 is 8.82. The van der Waals surface area contributed by atoms with Crippen molar-refractivity contribution < 1.29 is 34.7 Å². The molecule has 0 bridgehead atoms. The molecular formula is C7H12O7. The monoisotopic (exact) mass is 208 g/mol. The zero-order chi connectivity index (χ0) is 10.9. The minimum atomic E-state index is -1.72. The van der Waals surface area contributed by atoms with Gasteiger partial charge in [-0.15, -0.1) is 0 Å². The number of carbonyl (C=O) groups excluding carboxylic acids is 1. The molecule has 5 atom stereocenters. The van der Waals surface area contributed by atoms with Crippen LogP contribution in [0.25, 0.3) is 0 Å². The molecule has 0 spiro atoms. The lowest BCUT2D eigenvalue weighted by molar-refractivity contribution is -0.280. The summed E-state index contributed by atoms with van der Waals surface area (Å²) in [6.07, 6.45) is -8.14. The van der Waals surface area contributed by atoms with Crippen LogP contribution < -0.4 is 0 Å². The molecule has 82 valence electrons. The number of ether oxygens (including phenoxy) is 2. The van der Waals surface area contributed by atoms with Gasteiger partial charge in [-0.3, -0.25) is 0 Å². The van der Waals surface area contributed by atoms with Crippen LogP contribution in [0.2, 0.25) is 0 Å². The largest absolute Gasteiger partial charge is 0.467 e. The molecule has 1 unspecified atom stereocenters. The van der Waals surface area contributed by atoms with Crippen LogP contribution in [0, 0.1) is 0 Å². The van der Waals surface area contributed by atoms with Gasteiger partial charge in [-0.1, -0.05) is 0 Å². The molecular weight excluding hydrogens is 196 g/mol. The van der Waals surface area contributed by atoms with Gasteiger partial charge in [-0.25, -0.2) is 4.79 Å². The fourth-order valence-electron chi connectivity index (χ4n) is 1.17. The molecule has 1 rings (SSSR count). The van der Waals surface area contributed by atoms with E-state index in [1.807, 2.05) is 0 Å². The highest BCUT2D eigenvalue weighted by Crippen LogP contribution is 2.20. The van der Waals surface area contributed by atoms with Crippen molar-refractivity contribution in [2.75, 3.05) is 7.11 Å². The van der Waals surface area contributed by atoms with Crippen molar-refractivity contribution >= 4 is 5.97 Å². The summed E-state index contributed by atoms with van der Waals surface area (Å²) in [5.41, 5.74) is 0. The number of esters is 1. The summed E-state index contributed by atoms with van der Waals surface area (Å²) in [5, 5.41) is 36.5. The quantitative estimate of drug-likeness (QED) is 0.338. The first-order valence-electron chi connectivity index (χ1n) is 3.94. The Kier molecular flexibility index (Phi) is 3.40. The highest BCUT2D eigenvalue weighted by atomic mass is 16.7. The van der Waals surface area contributed by atoms with E-state index in [4.69, 9.17) is 10.2 Å². The smallest absolute Gasteiger partial charge is 0.337 e. The maximum absolute atomic E-state index is 11.0. The van der Waals surface area contributed by atoms with Crippen LogP contribution in [0.4, 0.5) is 0 Å². The van der Waals surface area contributed by atoms with Crippen molar-refractivity contribution in [3.63, 3.8) is 0 Å². The minimum Gasteiger partial charge on any atom is -0.467 e. The average molecular weight is 208 g/mol. The summed E-state index contributed by atoms with van der Waals surface area (Å²) in [5.74, 6) is -0.928. The summed E-state index contributed by atoms with van der Waals surface area (Å²) in [6.45, 7) is 0. The second kappa shape index (κ2) is 4.20. The van der Waals surface area contributed by atoms with Crippen molar-refractivity contribution in [1.29, 1.82) is 0 Å². The third kappa shape index (κ3) is 1.86. The molecule has 1 aliphatic rings. The highest BCUT2D eigenvalue weighted by molar-refractivity contribution is 5.75. The first-order chi connectivity index (χ1) is 6.49. The van der Waals surface area contributed by atoms with E-state index < -0.39 is 36.7 Å². The number of rotatable bonds is 1. The van der Waals surface area contributed by atoms with Gasteiger partial charge in [0.2, 0.25) is 0 Å². The summed E-state index contributed by atoms with van der Waals surface area (Å²) >= 11 is 0. The van der Waals surface area contributed by atoms with Crippen molar-refractivity contribution in [1.82, 2.24) is 0 Å². The van der Waals surface area contributed by atoms with Crippen molar-refractivity contribution in [3.05, 3.63) is 0 Å². The Morgan fingerprint density at radius 1 is 1.14 bits per heavy atom. The molecule has 0 amide bonds. The first-order valence-corrected chi connectivity index (χ1v) is 3.94. The normalized spacial score (nSPS) is 43.4. The Morgan fingerprint density at radius 2 is 1.71 bits per heavy atom. The molecule has 0 aromatic rings. The summed E-state index contributed by atoms with van der Waals surface area (Å²) in [4.78, 5) is 11.0. The minimum absolute atomic E-state index is 0.928. The molecule has 1 aliphatic heterocycles. The van der Waals surface area contributed by atoms with Gasteiger partial charge in [0.1, 0.15) is 18.3 Å². The molecule has 0 aliphatic carbocycles. The predicted molar refractivity (Wildman–Crippen MR) is 40.9 cm³/mol. The Hall–Kier alpha value is -0.730. The molecule has 0 saturated carbocycles. The Labute approximate surface area is 79.5 Å². The zero-order valence-electron chi connectivity index (χ0n) is 7.40. The molecule has 1 saturated heterocycles. The van der Waals surface area contributed by atoms with Crippen LogP contribution in [0.15, 0.2) is 0 Å². The molecule has 1 heterocycles. The summed E-state index contributed by atoms with van der Waals surface area (Å²) in [7, 11) is 1.07. The molecule has 0 aromatic heterocycles. The van der Waals surface area contributed by atoms with Gasteiger partial charge in [0, 0.05) is 0 Å². The van der Waals surface area contributed by atoms with Gasteiger partial charge in [0.15, 0.2) is 12.4 Å². The fourth-order valence-corrected chi connectivity index (χ4v) is 1.17. The van der Waals surface area contributed by atoms with Gasteiger partial charge >= 0.3 is 5.97 Å². The zero-order valence-corrected chi connectivity index (χ0v) is 7.40. The molecule has 7 heteroatoms. The van der Waals surface area contributed by atoms with Gasteiger partial charge in [0.05, 0.1) is 7.11 Å². The van der Waals surface area contributed by atoms with Gasteiger partial charge in [0.25, 0.3) is 0 Å². The lowest BCUT2D eigenvalue weighted by Crippen LogP contribution is -2.59. The van der Waals surface area contributed by atoms with Gasteiger partial charge in [-0.05, 0) is 0 Å². The number of carbonyl (C=O) groups is 1. The van der Waals surface area contributed by atoms with Crippen LogP contribution in [-0.4, -0.2) is 64.2 Å². The van der Waals surface area contributed by atoms with Gasteiger partial charge < -0.3 is 29.9 Å². The van der Waals surface area contributed by atoms with E-state index in [-0.39, 0.29) is 0 Å². The van der Waals surface area contributed by atoms with E-state index in [0.717, 1.165) is 7.11 Å². The maximum atomic E-state index is 11.0. The van der Waals surface area contributed by atoms with Crippen molar-refractivity contribution in [3.8, 4) is 0 Å². The molecule has 14 heavy (non-hydrogen) atoms. The molecule has 4 N–H and O–H groups in total. The van der Waals surface area contributed by atoms with E-state index in [0.29, 0.717) is 0 Å². The average Bonchev–Trinajstić information content (AvgIpc) is 2.19. The molecule has 0 radical (unpaired) electrons. The topological polar surface area (TPSA) is 116 Å². The maximum Gasteiger partial charge on any atom is 0.337 e. The van der Waals surface area contributed by atoms with Crippen molar-refractivity contribution in [2.45, 2.75) is 30.7 Å². The van der Waals surface area contributed by atoms with E-state index >= 15 is 0 Å². The van der Waals surface area contributed by atoms with Crippen LogP contribution in [-0.2, 0) is 14.3 Å². The lowest BCUT2D eigenvalue weighted by atomic mass is 9.99. The lowest BCUT2D eigenvalue weighted by Gasteiger charge is -2.36. The Balaban J connectivity index is 2.75. The van der Waals surface area contributed by atoms with E-state index in [2.05, 4.69) is 9.47 Å². The van der Waals surface area contributed by atoms with E-state index in [1.54, 1.807) is 0 Å². The third-order valence-corrected chi connectivity index (χ3v) is 2.02. The van der Waals surface area contributed by atoms with Crippen molar-refractivity contribution in [2.24, 2.45) is 0 Å². The number of aliphatic hydroxyl groups is 4. The Bertz CT molecular complexity index is 218. The molecule has 0 aromatic carbocycles. The second-order valence-electron chi connectivity index (χ2n) is 2.94. The van der Waals surface area contributed by atoms with Crippen LogP contribution in [0.5, 0.6) is 0 Å². The SMILES string of the molecule is COC(=O)[C@H]1OC(O)[C@H](O)[C@@H](O)[C@H]1O. The Morgan fingerprint density at radius 3 is 2.21 bits per heavy atom. The second-order valence-corrected chi connectivity index (χ2v) is 2.94. The number of methoxy groups -OCH3 is 1. The van der Waals surface area contributed by atoms with Gasteiger partial charge in [-0.2, -0.15) is 0 Å². The number of aliphatic hydroxyl groups excluding tert-OH is 4. The van der Waals surface area contributed by atoms with E-state index in [9.17, 15) is 15.0 Å². The van der Waals surface area contributed by atoms with E-state index in [1.165, 1.54) is 0 Å². The predicted octanol–water partition coefficient (Wildman–Crippen LogP) is -3.04. The first kappa shape index (κ1) is 11.3. The highest BCUT2D eigenvalue weighted by Gasteiger charge is 2.46. The van der Waals surface area contributed by atoms with Crippen LogP contribution in [0.3, 0.4) is 0 Å². The standard InChI is InChI=1S/C7H12O7/c1-13-7(12)5-3(9)2(8)4(10)6(11)14-5/h2-6,8-11H,1H3/t2-,3+,4+,5-,6?/m0/s1. The van der Waals surface area contributed by atoms with Crippen LogP contribution in [0.1, 0.15) is 0 Å². The molecule has 1 fully saturated rings.